The lowest BCUT2D eigenvalue weighted by Crippen LogP contribution is -2.32. The van der Waals surface area contributed by atoms with E-state index in [2.05, 4.69) is 56.8 Å². The molecule has 0 radical (unpaired) electrons. The number of carbonyl (C=O) groups excluding carboxylic acids is 1. The van der Waals surface area contributed by atoms with Gasteiger partial charge in [-0.2, -0.15) is 4.68 Å². The van der Waals surface area contributed by atoms with Crippen LogP contribution < -0.4 is 20.5 Å². The molecule has 5 aromatic rings. The first-order valence-corrected chi connectivity index (χ1v) is 19.6. The van der Waals surface area contributed by atoms with Gasteiger partial charge in [0.15, 0.2) is 6.10 Å². The van der Waals surface area contributed by atoms with E-state index in [0.717, 1.165) is 75.3 Å². The monoisotopic (exact) mass is 722 g/mol. The molecule has 2 N–H and O–H groups in total. The van der Waals surface area contributed by atoms with Gasteiger partial charge < -0.3 is 15.0 Å². The summed E-state index contributed by atoms with van der Waals surface area (Å²) in [4.78, 5) is 30.3. The fourth-order valence-electron chi connectivity index (χ4n) is 6.54. The maximum absolute atomic E-state index is 14.0. The van der Waals surface area contributed by atoms with Crippen LogP contribution in [-0.4, -0.2) is 55.1 Å². The van der Waals surface area contributed by atoms with E-state index in [1.165, 1.54) is 42.2 Å². The van der Waals surface area contributed by atoms with Crippen LogP contribution in [-0.2, 0) is 17.6 Å². The number of anilines is 2. The Hall–Kier alpha value is -4.84. The summed E-state index contributed by atoms with van der Waals surface area (Å²) in [6.45, 7) is 8.11. The number of amides is 1. The van der Waals surface area contributed by atoms with Gasteiger partial charge in [-0.3, -0.25) is 14.7 Å². The average molecular weight is 723 g/mol. The first-order chi connectivity index (χ1) is 25.5. The minimum Gasteiger partial charge on any atom is -0.480 e. The Labute approximate surface area is 310 Å². The highest BCUT2D eigenvalue weighted by Gasteiger charge is 2.26. The third-order valence-corrected chi connectivity index (χ3v) is 10.5. The van der Waals surface area contributed by atoms with E-state index in [1.54, 1.807) is 9.36 Å². The molecule has 0 bridgehead atoms. The molecule has 1 amide bonds. The standard InChI is InChI=1S/C40H50N8O3S/c1-4-7-10-16-29-20-25-35(30(28-29)17-11-8-5-2)51-34(6-3)38(49)41-31-21-23-33(24-22-31)47-39(50)36(37(43-47)46-26-14-15-27-46)52-40-42-44-45-48(40)32-18-12-9-13-19-32/h9,12-13,18-25,28,34,43H,4-8,10-11,14-17,26-27H2,1-3H3,(H,41,49). The normalized spacial score (nSPS) is 13.4. The summed E-state index contributed by atoms with van der Waals surface area (Å²) in [5.41, 5.74) is 4.40. The van der Waals surface area contributed by atoms with E-state index in [1.807, 2.05) is 67.6 Å². The van der Waals surface area contributed by atoms with Gasteiger partial charge in [0.1, 0.15) is 16.5 Å². The Kier molecular flexibility index (Phi) is 12.8. The third-order valence-electron chi connectivity index (χ3n) is 9.46. The van der Waals surface area contributed by atoms with Gasteiger partial charge >= 0.3 is 0 Å². The number of rotatable bonds is 18. The zero-order valence-electron chi connectivity index (χ0n) is 30.5. The van der Waals surface area contributed by atoms with Crippen LogP contribution in [0.1, 0.15) is 89.7 Å². The van der Waals surface area contributed by atoms with Crippen molar-refractivity contribution in [3.63, 3.8) is 0 Å². The van der Waals surface area contributed by atoms with E-state index in [9.17, 15) is 9.59 Å². The average Bonchev–Trinajstić information content (AvgIpc) is 3.94. The Morgan fingerprint density at radius 2 is 1.63 bits per heavy atom. The number of tetrazole rings is 1. The second kappa shape index (κ2) is 18.1. The molecule has 0 spiro atoms. The van der Waals surface area contributed by atoms with Gasteiger partial charge in [-0.05, 0) is 121 Å². The molecule has 1 saturated heterocycles. The number of hydrogen-bond acceptors (Lipinski definition) is 8. The predicted molar refractivity (Wildman–Crippen MR) is 207 cm³/mol. The summed E-state index contributed by atoms with van der Waals surface area (Å²) in [5.74, 6) is 1.34. The van der Waals surface area contributed by atoms with E-state index in [0.29, 0.717) is 27.8 Å². The lowest BCUT2D eigenvalue weighted by Gasteiger charge is -2.20. The molecule has 0 aliphatic carbocycles. The molecule has 1 unspecified atom stereocenters. The molecule has 1 atom stereocenters. The quantitative estimate of drug-likeness (QED) is 0.0870. The molecule has 1 aliphatic heterocycles. The van der Waals surface area contributed by atoms with E-state index < -0.39 is 6.10 Å². The summed E-state index contributed by atoms with van der Waals surface area (Å²) in [6.07, 6.45) is 11.0. The van der Waals surface area contributed by atoms with E-state index in [-0.39, 0.29) is 11.5 Å². The van der Waals surface area contributed by atoms with Crippen molar-refractivity contribution in [2.24, 2.45) is 0 Å². The van der Waals surface area contributed by atoms with Gasteiger partial charge in [-0.25, -0.2) is 4.68 Å². The summed E-state index contributed by atoms with van der Waals surface area (Å²) in [7, 11) is 0. The second-order valence-electron chi connectivity index (χ2n) is 13.3. The van der Waals surface area contributed by atoms with Crippen molar-refractivity contribution in [1.29, 1.82) is 0 Å². The number of unbranched alkanes of at least 4 members (excludes halogenated alkanes) is 4. The fraction of sp³-hybridized carbons (Fsp3) is 0.425. The third kappa shape index (κ3) is 8.96. The number of hydrogen-bond donors (Lipinski definition) is 2. The molecule has 6 rings (SSSR count). The number of nitrogens with one attached hydrogen (secondary N) is 2. The summed E-state index contributed by atoms with van der Waals surface area (Å²) in [5, 5.41) is 19.2. The molecule has 0 saturated carbocycles. The lowest BCUT2D eigenvalue weighted by atomic mass is 10.00. The van der Waals surface area contributed by atoms with Gasteiger partial charge in [0.2, 0.25) is 5.16 Å². The Morgan fingerprint density at radius 1 is 0.904 bits per heavy atom. The highest BCUT2D eigenvalue weighted by molar-refractivity contribution is 7.99. The summed E-state index contributed by atoms with van der Waals surface area (Å²) < 4.78 is 9.59. The maximum Gasteiger partial charge on any atom is 0.287 e. The van der Waals surface area contributed by atoms with Crippen LogP contribution in [0.25, 0.3) is 11.4 Å². The minimum atomic E-state index is -0.642. The summed E-state index contributed by atoms with van der Waals surface area (Å²) in [6, 6.07) is 23.4. The number of H-pyrrole nitrogens is 1. The second-order valence-corrected chi connectivity index (χ2v) is 14.3. The molecule has 1 fully saturated rings. The van der Waals surface area contributed by atoms with Crippen molar-refractivity contribution in [3.8, 4) is 17.1 Å². The van der Waals surface area contributed by atoms with Crippen molar-refractivity contribution in [2.75, 3.05) is 23.3 Å². The van der Waals surface area contributed by atoms with Crippen LogP contribution in [0.4, 0.5) is 11.5 Å². The van der Waals surface area contributed by atoms with E-state index >= 15 is 0 Å². The topological polar surface area (TPSA) is 123 Å². The highest BCUT2D eigenvalue weighted by atomic mass is 32.2. The predicted octanol–water partition coefficient (Wildman–Crippen LogP) is 8.15. The first kappa shape index (κ1) is 36.9. The van der Waals surface area contributed by atoms with Crippen molar-refractivity contribution < 1.29 is 9.53 Å². The molecule has 12 heteroatoms. The van der Waals surface area contributed by atoms with Crippen LogP contribution in [0, 0.1) is 0 Å². The van der Waals surface area contributed by atoms with Crippen LogP contribution in [0.3, 0.4) is 0 Å². The first-order valence-electron chi connectivity index (χ1n) is 18.8. The smallest absolute Gasteiger partial charge is 0.287 e. The minimum absolute atomic E-state index is 0.197. The molecule has 274 valence electrons. The Bertz CT molecular complexity index is 1950. The largest absolute Gasteiger partial charge is 0.480 e. The van der Waals surface area contributed by atoms with Crippen molar-refractivity contribution in [1.82, 2.24) is 30.0 Å². The molecule has 3 heterocycles. The van der Waals surface area contributed by atoms with Crippen LogP contribution >= 0.6 is 11.8 Å². The number of nitrogens with zero attached hydrogens (tertiary/aromatic N) is 6. The number of benzene rings is 3. The van der Waals surface area contributed by atoms with E-state index in [4.69, 9.17) is 4.74 Å². The molecule has 11 nitrogen and oxygen atoms in total. The number of para-hydroxylation sites is 1. The van der Waals surface area contributed by atoms with Gasteiger partial charge in [0, 0.05) is 18.8 Å². The maximum atomic E-state index is 14.0. The number of ether oxygens (including phenoxy) is 1. The molecular weight excluding hydrogens is 673 g/mol. The molecule has 1 aliphatic rings. The zero-order valence-corrected chi connectivity index (χ0v) is 31.3. The van der Waals surface area contributed by atoms with Crippen LogP contribution in [0.15, 0.2) is 87.6 Å². The number of carbonyl (C=O) groups is 1. The van der Waals surface area contributed by atoms with Crippen LogP contribution in [0.2, 0.25) is 0 Å². The number of aromatic amines is 1. The van der Waals surface area contributed by atoms with Gasteiger partial charge in [0.05, 0.1) is 11.4 Å². The van der Waals surface area contributed by atoms with Crippen molar-refractivity contribution >= 4 is 29.2 Å². The lowest BCUT2D eigenvalue weighted by molar-refractivity contribution is -0.122. The highest BCUT2D eigenvalue weighted by Crippen LogP contribution is 2.34. The van der Waals surface area contributed by atoms with Crippen molar-refractivity contribution in [3.05, 3.63) is 94.3 Å². The Morgan fingerprint density at radius 3 is 2.35 bits per heavy atom. The van der Waals surface area contributed by atoms with Gasteiger partial charge in [-0.1, -0.05) is 76.8 Å². The zero-order chi connectivity index (χ0) is 36.3. The molecule has 52 heavy (non-hydrogen) atoms. The number of aromatic nitrogens is 6. The number of aryl methyl sites for hydroxylation is 2. The molecular formula is C40H50N8O3S. The van der Waals surface area contributed by atoms with Gasteiger partial charge in [0.25, 0.3) is 11.5 Å². The van der Waals surface area contributed by atoms with Crippen molar-refractivity contribution in [2.45, 2.75) is 108 Å². The Balaban J connectivity index is 1.18. The molecule has 3 aromatic carbocycles. The summed E-state index contributed by atoms with van der Waals surface area (Å²) >= 11 is 1.25. The van der Waals surface area contributed by atoms with Crippen LogP contribution in [0.5, 0.6) is 5.75 Å². The van der Waals surface area contributed by atoms with Gasteiger partial charge in [-0.15, -0.1) is 5.10 Å². The molecule has 2 aromatic heterocycles. The fourth-order valence-corrected chi connectivity index (χ4v) is 7.48. The SMILES string of the molecule is CCCCCc1ccc(OC(CC)C(=O)Nc2ccc(-n3[nH]c(N4CCCC4)c(Sc4nnnn4-c4ccccc4)c3=O)cc2)c(CCCCC)c1.